The average Bonchev–Trinajstić information content (AvgIpc) is 2.71. The molecule has 1 saturated heterocycles. The van der Waals surface area contributed by atoms with E-state index in [1.165, 1.54) is 44.9 Å². The van der Waals surface area contributed by atoms with Gasteiger partial charge < -0.3 is 4.90 Å². The molecule has 2 nitrogen and oxygen atoms in total. The van der Waals surface area contributed by atoms with Crippen LogP contribution in [0.25, 0.3) is 0 Å². The van der Waals surface area contributed by atoms with Crippen LogP contribution in [0.5, 0.6) is 0 Å². The van der Waals surface area contributed by atoms with Gasteiger partial charge in [0, 0.05) is 17.3 Å². The largest absolute Gasteiger partial charge is 0.327 e. The highest BCUT2D eigenvalue weighted by atomic mass is 32.2. The van der Waals surface area contributed by atoms with E-state index in [0.717, 1.165) is 5.82 Å². The van der Waals surface area contributed by atoms with Gasteiger partial charge in [-0.2, -0.15) is 0 Å². The van der Waals surface area contributed by atoms with Gasteiger partial charge in [0.05, 0.1) is 0 Å². The summed E-state index contributed by atoms with van der Waals surface area (Å²) >= 11 is 1.62. The van der Waals surface area contributed by atoms with Gasteiger partial charge in [-0.05, 0) is 26.7 Å². The molecule has 21 heavy (non-hydrogen) atoms. The maximum atomic E-state index is 12.3. The summed E-state index contributed by atoms with van der Waals surface area (Å²) in [6.45, 7) is 8.90. The van der Waals surface area contributed by atoms with Gasteiger partial charge >= 0.3 is 0 Å². The molecule has 0 spiro atoms. The van der Waals surface area contributed by atoms with Gasteiger partial charge in [-0.15, -0.1) is 0 Å². The molecule has 2 fully saturated rings. The lowest BCUT2D eigenvalue weighted by atomic mass is 9.53. The Bertz CT molecular complexity index is 348. The van der Waals surface area contributed by atoms with Crippen LogP contribution in [0.15, 0.2) is 0 Å². The molecular weight excluding hydrogens is 277 g/mol. The van der Waals surface area contributed by atoms with Crippen molar-refractivity contribution in [2.24, 2.45) is 0 Å². The van der Waals surface area contributed by atoms with Crippen LogP contribution in [0.4, 0.5) is 4.79 Å². The van der Waals surface area contributed by atoms with Gasteiger partial charge in [-0.1, -0.05) is 69.3 Å². The van der Waals surface area contributed by atoms with E-state index in [4.69, 9.17) is 0 Å². The molecule has 2 aliphatic rings. The zero-order valence-electron chi connectivity index (χ0n) is 14.2. The fraction of sp³-hybridized carbons (Fsp3) is 0.941. The minimum atomic E-state index is 0.323. The van der Waals surface area contributed by atoms with E-state index in [9.17, 15) is 4.79 Å². The van der Waals surface area contributed by atoms with Crippen molar-refractivity contribution < 1.29 is 4.79 Å². The second-order valence-corrected chi connectivity index (χ2v) is 8.59. The molecular formula is C17H31BNOS. The highest BCUT2D eigenvalue weighted by Gasteiger charge is 2.41. The number of carbonyl (C=O) groups excluding carboxylic acids is 1. The van der Waals surface area contributed by atoms with Crippen molar-refractivity contribution in [3.05, 3.63) is 0 Å². The summed E-state index contributed by atoms with van der Waals surface area (Å²) < 4.78 is 0. The molecule has 0 aromatic rings. The molecule has 119 valence electrons. The predicted molar refractivity (Wildman–Crippen MR) is 94.5 cm³/mol. The molecule has 2 rings (SSSR count). The van der Waals surface area contributed by atoms with E-state index in [0.29, 0.717) is 28.4 Å². The summed E-state index contributed by atoms with van der Waals surface area (Å²) in [4.78, 5) is 14.5. The van der Waals surface area contributed by atoms with Crippen LogP contribution in [-0.4, -0.2) is 34.8 Å². The Balaban J connectivity index is 2.02. The van der Waals surface area contributed by atoms with Crippen molar-refractivity contribution in [1.29, 1.82) is 0 Å². The molecule has 1 heterocycles. The Hall–Kier alpha value is -0.115. The molecule has 0 aromatic heterocycles. The van der Waals surface area contributed by atoms with Gasteiger partial charge in [0.2, 0.25) is 0 Å². The highest BCUT2D eigenvalue weighted by Crippen LogP contribution is 2.40. The SMILES string of the molecule is CC(C)[B]C1CCCCCC2C(CC1)SC(=O)N2C(C)C. The lowest BCUT2D eigenvalue weighted by molar-refractivity contribution is 0.175. The summed E-state index contributed by atoms with van der Waals surface area (Å²) in [6, 6.07) is 0.835. The summed E-state index contributed by atoms with van der Waals surface area (Å²) in [7, 11) is 2.54. The summed E-state index contributed by atoms with van der Waals surface area (Å²) in [5.41, 5.74) is 0. The molecule has 0 bridgehead atoms. The topological polar surface area (TPSA) is 20.3 Å². The first-order valence-electron chi connectivity index (χ1n) is 8.83. The van der Waals surface area contributed by atoms with Crippen LogP contribution >= 0.6 is 11.8 Å². The molecule has 4 heteroatoms. The number of hydrogen-bond donors (Lipinski definition) is 0. The van der Waals surface area contributed by atoms with Gasteiger partial charge in [0.1, 0.15) is 7.28 Å². The van der Waals surface area contributed by atoms with E-state index < -0.39 is 0 Å². The Morgan fingerprint density at radius 1 is 1.05 bits per heavy atom. The van der Waals surface area contributed by atoms with Gasteiger partial charge in [-0.3, -0.25) is 4.79 Å². The second kappa shape index (κ2) is 7.94. The second-order valence-electron chi connectivity index (χ2n) is 7.40. The van der Waals surface area contributed by atoms with E-state index in [1.54, 1.807) is 11.8 Å². The maximum Gasteiger partial charge on any atom is 0.282 e. The quantitative estimate of drug-likeness (QED) is 0.654. The summed E-state index contributed by atoms with van der Waals surface area (Å²) in [6.07, 6.45) is 9.00. The highest BCUT2D eigenvalue weighted by molar-refractivity contribution is 8.14. The predicted octanol–water partition coefficient (Wildman–Crippen LogP) is 5.37. The van der Waals surface area contributed by atoms with Crippen LogP contribution in [0, 0.1) is 0 Å². The monoisotopic (exact) mass is 308 g/mol. The van der Waals surface area contributed by atoms with Gasteiger partial charge in [0.25, 0.3) is 5.24 Å². The first-order chi connectivity index (χ1) is 9.99. The van der Waals surface area contributed by atoms with Crippen LogP contribution in [0.1, 0.15) is 72.6 Å². The molecule has 1 amide bonds. The first kappa shape index (κ1) is 17.2. The van der Waals surface area contributed by atoms with Crippen molar-refractivity contribution in [3.8, 4) is 0 Å². The van der Waals surface area contributed by atoms with Crippen LogP contribution in [-0.2, 0) is 0 Å². The molecule has 1 aliphatic heterocycles. The van der Waals surface area contributed by atoms with E-state index in [2.05, 4.69) is 39.9 Å². The third-order valence-electron chi connectivity index (χ3n) is 4.86. The molecule has 1 saturated carbocycles. The van der Waals surface area contributed by atoms with Crippen molar-refractivity contribution in [2.75, 3.05) is 0 Å². The number of hydrogen-bond acceptors (Lipinski definition) is 2. The molecule has 0 aromatic carbocycles. The molecule has 0 N–H and O–H groups in total. The zero-order valence-corrected chi connectivity index (χ0v) is 15.0. The van der Waals surface area contributed by atoms with E-state index in [-0.39, 0.29) is 0 Å². The van der Waals surface area contributed by atoms with Crippen molar-refractivity contribution in [2.45, 2.75) is 102 Å². The number of rotatable bonds is 3. The third-order valence-corrected chi connectivity index (χ3v) is 6.12. The van der Waals surface area contributed by atoms with Crippen molar-refractivity contribution >= 4 is 24.3 Å². The number of thioether (sulfide) groups is 1. The normalized spacial score (nSPS) is 31.6. The van der Waals surface area contributed by atoms with Crippen molar-refractivity contribution in [1.82, 2.24) is 4.90 Å². The fourth-order valence-electron chi connectivity index (χ4n) is 3.95. The Kier molecular flexibility index (Phi) is 6.52. The lowest BCUT2D eigenvalue weighted by Crippen LogP contribution is -2.41. The Labute approximate surface area is 136 Å². The number of carbonyl (C=O) groups is 1. The number of fused-ring (bicyclic) bond motifs is 1. The third kappa shape index (κ3) is 4.68. The van der Waals surface area contributed by atoms with Gasteiger partial charge in [-0.25, -0.2) is 0 Å². The van der Waals surface area contributed by atoms with Crippen molar-refractivity contribution in [3.63, 3.8) is 0 Å². The minimum absolute atomic E-state index is 0.323. The molecule has 1 radical (unpaired) electrons. The van der Waals surface area contributed by atoms with Gasteiger partial charge in [0.15, 0.2) is 0 Å². The molecule has 1 aliphatic carbocycles. The number of amides is 1. The van der Waals surface area contributed by atoms with E-state index in [1.807, 2.05) is 0 Å². The summed E-state index contributed by atoms with van der Waals surface area (Å²) in [5.74, 6) is 1.44. The summed E-state index contributed by atoms with van der Waals surface area (Å²) in [5, 5.41) is 0.852. The van der Waals surface area contributed by atoms with Crippen LogP contribution in [0.2, 0.25) is 11.6 Å². The lowest BCUT2D eigenvalue weighted by Gasteiger charge is -2.32. The van der Waals surface area contributed by atoms with Crippen LogP contribution < -0.4 is 0 Å². The average molecular weight is 308 g/mol. The first-order valence-corrected chi connectivity index (χ1v) is 9.71. The smallest absolute Gasteiger partial charge is 0.282 e. The number of nitrogens with zero attached hydrogens (tertiary/aromatic N) is 1. The van der Waals surface area contributed by atoms with E-state index >= 15 is 0 Å². The fourth-order valence-corrected chi connectivity index (χ4v) is 5.35. The Morgan fingerprint density at radius 3 is 2.43 bits per heavy atom. The maximum absolute atomic E-state index is 12.3. The minimum Gasteiger partial charge on any atom is -0.327 e. The molecule has 3 atom stereocenters. The molecule has 3 unspecified atom stereocenters. The standard InChI is InChI=1S/C17H31BNOS/c1-12(2)18-14-8-6-5-7-9-15-16(11-10-14)21-17(20)19(15)13(3)4/h12-16H,5-11H2,1-4H3. The van der Waals surface area contributed by atoms with Crippen LogP contribution in [0.3, 0.4) is 0 Å². The Morgan fingerprint density at radius 2 is 1.76 bits per heavy atom. The zero-order chi connectivity index (χ0) is 15.4.